The van der Waals surface area contributed by atoms with Crippen molar-refractivity contribution >= 4 is 0 Å². The van der Waals surface area contributed by atoms with Gasteiger partial charge >= 0.3 is 0 Å². The fourth-order valence-corrected chi connectivity index (χ4v) is 3.59. The maximum Gasteiger partial charge on any atom is -0.00177 e. The Morgan fingerprint density at radius 1 is 1.10 bits per heavy atom. The Labute approximate surface area is 125 Å². The fourth-order valence-electron chi connectivity index (χ4n) is 3.59. The van der Waals surface area contributed by atoms with Crippen LogP contribution in [0.25, 0.3) is 0 Å². The van der Waals surface area contributed by atoms with E-state index in [9.17, 15) is 0 Å². The minimum Gasteiger partial charge on any atom is -0.319 e. The van der Waals surface area contributed by atoms with E-state index in [0.717, 1.165) is 24.3 Å². The average Bonchev–Trinajstić information content (AvgIpc) is 2.40. The largest absolute Gasteiger partial charge is 0.319 e. The zero-order valence-corrected chi connectivity index (χ0v) is 13.9. The molecular formula is C19H31N. The van der Waals surface area contributed by atoms with Gasteiger partial charge in [0.1, 0.15) is 0 Å². The average molecular weight is 273 g/mol. The summed E-state index contributed by atoms with van der Waals surface area (Å²) < 4.78 is 0. The molecule has 1 fully saturated rings. The standard InChI is InChI=1S/C19H31N/c1-14-6-7-16(13-20-5)18(12-14)15-8-10-17(11-9-15)19(2,3)4/h8-11,14,16,18,20H,6-7,12-13H2,1-5H3. The monoisotopic (exact) mass is 273 g/mol. The highest BCUT2D eigenvalue weighted by Gasteiger charge is 2.29. The van der Waals surface area contributed by atoms with Crippen LogP contribution in [0.5, 0.6) is 0 Å². The molecule has 0 bridgehead atoms. The van der Waals surface area contributed by atoms with Gasteiger partial charge in [0.15, 0.2) is 0 Å². The number of hydrogen-bond acceptors (Lipinski definition) is 1. The van der Waals surface area contributed by atoms with Crippen molar-refractivity contribution in [1.82, 2.24) is 5.32 Å². The van der Waals surface area contributed by atoms with E-state index in [1.807, 2.05) is 0 Å². The Morgan fingerprint density at radius 2 is 1.75 bits per heavy atom. The second kappa shape index (κ2) is 6.30. The fraction of sp³-hybridized carbons (Fsp3) is 0.684. The number of rotatable bonds is 3. The quantitative estimate of drug-likeness (QED) is 0.840. The van der Waals surface area contributed by atoms with Crippen molar-refractivity contribution in [2.75, 3.05) is 13.6 Å². The van der Waals surface area contributed by atoms with Crippen molar-refractivity contribution in [3.63, 3.8) is 0 Å². The summed E-state index contributed by atoms with van der Waals surface area (Å²) in [5.41, 5.74) is 3.24. The highest BCUT2D eigenvalue weighted by Crippen LogP contribution is 2.40. The van der Waals surface area contributed by atoms with Gasteiger partial charge in [-0.05, 0) is 60.7 Å². The van der Waals surface area contributed by atoms with Crippen LogP contribution in [0.1, 0.15) is 64.0 Å². The van der Waals surface area contributed by atoms with Crippen molar-refractivity contribution in [3.8, 4) is 0 Å². The molecule has 0 saturated heterocycles. The van der Waals surface area contributed by atoms with Crippen molar-refractivity contribution < 1.29 is 0 Å². The molecule has 1 aromatic rings. The molecule has 0 heterocycles. The van der Waals surface area contributed by atoms with Gasteiger partial charge in [0, 0.05) is 0 Å². The van der Waals surface area contributed by atoms with Crippen molar-refractivity contribution in [2.45, 2.75) is 58.3 Å². The van der Waals surface area contributed by atoms with Gasteiger partial charge in [0.2, 0.25) is 0 Å². The third kappa shape index (κ3) is 3.63. The lowest BCUT2D eigenvalue weighted by molar-refractivity contribution is 0.245. The molecule has 0 radical (unpaired) electrons. The summed E-state index contributed by atoms with van der Waals surface area (Å²) in [7, 11) is 2.08. The predicted molar refractivity (Wildman–Crippen MR) is 88.3 cm³/mol. The van der Waals surface area contributed by atoms with Crippen LogP contribution in [0.15, 0.2) is 24.3 Å². The van der Waals surface area contributed by atoms with Crippen LogP contribution < -0.4 is 5.32 Å². The Bertz CT molecular complexity index is 412. The third-order valence-electron chi connectivity index (χ3n) is 4.93. The van der Waals surface area contributed by atoms with Gasteiger partial charge in [-0.25, -0.2) is 0 Å². The SMILES string of the molecule is CNCC1CCC(C)CC1c1ccc(C(C)(C)C)cc1. The molecule has 1 heteroatoms. The molecule has 3 atom stereocenters. The first-order chi connectivity index (χ1) is 9.41. The third-order valence-corrected chi connectivity index (χ3v) is 4.93. The van der Waals surface area contributed by atoms with Crippen LogP contribution in [-0.2, 0) is 5.41 Å². The molecule has 1 aromatic carbocycles. The van der Waals surface area contributed by atoms with Crippen LogP contribution in [0.2, 0.25) is 0 Å². The second-order valence-corrected chi connectivity index (χ2v) is 7.71. The van der Waals surface area contributed by atoms with Crippen LogP contribution in [0, 0.1) is 11.8 Å². The summed E-state index contributed by atoms with van der Waals surface area (Å²) in [5.74, 6) is 2.41. The number of hydrogen-bond donors (Lipinski definition) is 1. The number of nitrogens with one attached hydrogen (secondary N) is 1. The summed E-state index contributed by atoms with van der Waals surface area (Å²) in [5, 5.41) is 3.39. The molecule has 0 spiro atoms. The van der Waals surface area contributed by atoms with E-state index < -0.39 is 0 Å². The molecule has 0 aromatic heterocycles. The summed E-state index contributed by atoms with van der Waals surface area (Å²) in [6.07, 6.45) is 4.11. The van der Waals surface area contributed by atoms with Crippen LogP contribution >= 0.6 is 0 Å². The van der Waals surface area contributed by atoms with Crippen LogP contribution in [-0.4, -0.2) is 13.6 Å². The normalized spacial score (nSPS) is 27.6. The second-order valence-electron chi connectivity index (χ2n) is 7.71. The van der Waals surface area contributed by atoms with E-state index in [2.05, 4.69) is 64.3 Å². The number of benzene rings is 1. The molecule has 20 heavy (non-hydrogen) atoms. The van der Waals surface area contributed by atoms with Crippen molar-refractivity contribution in [3.05, 3.63) is 35.4 Å². The summed E-state index contributed by atoms with van der Waals surface area (Å²) in [4.78, 5) is 0. The highest BCUT2D eigenvalue weighted by atomic mass is 14.8. The van der Waals surface area contributed by atoms with E-state index in [1.165, 1.54) is 24.8 Å². The van der Waals surface area contributed by atoms with Crippen LogP contribution in [0.3, 0.4) is 0 Å². The van der Waals surface area contributed by atoms with Gasteiger partial charge in [-0.1, -0.05) is 58.4 Å². The maximum atomic E-state index is 3.39. The van der Waals surface area contributed by atoms with Gasteiger partial charge in [0.25, 0.3) is 0 Å². The molecule has 1 aliphatic carbocycles. The smallest absolute Gasteiger partial charge is 0.00177 e. The predicted octanol–water partition coefficient (Wildman–Crippen LogP) is 4.72. The first-order valence-corrected chi connectivity index (χ1v) is 8.17. The van der Waals surface area contributed by atoms with Crippen molar-refractivity contribution in [1.29, 1.82) is 0 Å². The Morgan fingerprint density at radius 3 is 2.30 bits per heavy atom. The molecule has 1 nitrogen and oxygen atoms in total. The first kappa shape index (κ1) is 15.6. The molecule has 1 N–H and O–H groups in total. The molecule has 0 aliphatic heterocycles. The van der Waals surface area contributed by atoms with E-state index in [1.54, 1.807) is 5.56 Å². The lowest BCUT2D eigenvalue weighted by atomic mass is 9.71. The van der Waals surface area contributed by atoms with Gasteiger partial charge in [-0.3, -0.25) is 0 Å². The van der Waals surface area contributed by atoms with Gasteiger partial charge in [-0.2, -0.15) is 0 Å². The summed E-state index contributed by atoms with van der Waals surface area (Å²) >= 11 is 0. The molecule has 3 unspecified atom stereocenters. The first-order valence-electron chi connectivity index (χ1n) is 8.17. The molecular weight excluding hydrogens is 242 g/mol. The summed E-state index contributed by atoms with van der Waals surface area (Å²) in [6.45, 7) is 10.4. The minimum atomic E-state index is 0.253. The van der Waals surface area contributed by atoms with Gasteiger partial charge in [-0.15, -0.1) is 0 Å². The minimum absolute atomic E-state index is 0.253. The molecule has 1 aliphatic rings. The Kier molecular flexibility index (Phi) is 4.90. The highest BCUT2D eigenvalue weighted by molar-refractivity contribution is 5.30. The molecule has 1 saturated carbocycles. The van der Waals surface area contributed by atoms with Gasteiger partial charge < -0.3 is 5.32 Å². The van der Waals surface area contributed by atoms with Crippen LogP contribution in [0.4, 0.5) is 0 Å². The Hall–Kier alpha value is -0.820. The Balaban J connectivity index is 2.19. The topological polar surface area (TPSA) is 12.0 Å². The summed E-state index contributed by atoms with van der Waals surface area (Å²) in [6, 6.07) is 9.44. The maximum absolute atomic E-state index is 3.39. The molecule has 112 valence electrons. The van der Waals surface area contributed by atoms with E-state index in [4.69, 9.17) is 0 Å². The van der Waals surface area contributed by atoms with Crippen molar-refractivity contribution in [2.24, 2.45) is 11.8 Å². The van der Waals surface area contributed by atoms with E-state index in [0.29, 0.717) is 0 Å². The lowest BCUT2D eigenvalue weighted by Crippen LogP contribution is -2.30. The zero-order valence-electron chi connectivity index (χ0n) is 13.9. The lowest BCUT2D eigenvalue weighted by Gasteiger charge is -2.35. The molecule has 0 amide bonds. The van der Waals surface area contributed by atoms with E-state index in [-0.39, 0.29) is 5.41 Å². The molecule has 2 rings (SSSR count). The van der Waals surface area contributed by atoms with E-state index >= 15 is 0 Å². The van der Waals surface area contributed by atoms with Gasteiger partial charge in [0.05, 0.1) is 0 Å². The zero-order chi connectivity index (χ0) is 14.8.